The summed E-state index contributed by atoms with van der Waals surface area (Å²) in [6.07, 6.45) is 2.31. The van der Waals surface area contributed by atoms with Crippen LogP contribution in [0.5, 0.6) is 5.75 Å². The normalized spacial score (nSPS) is 18.6. The van der Waals surface area contributed by atoms with Gasteiger partial charge in [-0.3, -0.25) is 4.79 Å². The Balaban J connectivity index is 1.45. The van der Waals surface area contributed by atoms with Crippen LogP contribution in [0.1, 0.15) is 43.4 Å². The lowest BCUT2D eigenvalue weighted by Gasteiger charge is -2.40. The Labute approximate surface area is 214 Å². The highest BCUT2D eigenvalue weighted by Gasteiger charge is 2.42. The minimum atomic E-state index is -0.280. The summed E-state index contributed by atoms with van der Waals surface area (Å²) in [6.45, 7) is 7.83. The van der Waals surface area contributed by atoms with Gasteiger partial charge in [0, 0.05) is 36.7 Å². The van der Waals surface area contributed by atoms with Crippen LogP contribution in [0.3, 0.4) is 0 Å². The van der Waals surface area contributed by atoms with E-state index in [0.29, 0.717) is 31.1 Å². The number of phenols is 1. The Kier molecular flexibility index (Phi) is 7.77. The molecule has 0 bridgehead atoms. The lowest BCUT2D eigenvalue weighted by atomic mass is 9.83. The van der Waals surface area contributed by atoms with E-state index >= 15 is 0 Å². The lowest BCUT2D eigenvalue weighted by molar-refractivity contribution is -0.127. The molecule has 1 amide bonds. The second-order valence-electron chi connectivity index (χ2n) is 10.8. The topological polar surface area (TPSA) is 65.0 Å². The molecule has 1 atom stereocenters. The van der Waals surface area contributed by atoms with E-state index < -0.39 is 0 Å². The van der Waals surface area contributed by atoms with Gasteiger partial charge in [0.15, 0.2) is 0 Å². The molecule has 0 aromatic heterocycles. The van der Waals surface area contributed by atoms with Gasteiger partial charge in [0.1, 0.15) is 5.75 Å². The molecular formula is C28H38ClN3O3. The molecule has 35 heavy (non-hydrogen) atoms. The third-order valence-corrected chi connectivity index (χ3v) is 8.30. The summed E-state index contributed by atoms with van der Waals surface area (Å²) in [6, 6.07) is 13.5. The van der Waals surface area contributed by atoms with Gasteiger partial charge in [-0.05, 0) is 82.1 Å². The third kappa shape index (κ3) is 5.83. The Morgan fingerprint density at radius 3 is 2.66 bits per heavy atom. The lowest BCUT2D eigenvalue weighted by Crippen LogP contribution is -2.51. The average Bonchev–Trinajstić information content (AvgIpc) is 3.19. The fourth-order valence-corrected chi connectivity index (χ4v) is 5.23. The monoisotopic (exact) mass is 499 g/mol. The first-order chi connectivity index (χ1) is 16.6. The number of hydrogen-bond donors (Lipinski definition) is 2. The van der Waals surface area contributed by atoms with Crippen molar-refractivity contribution >= 4 is 17.5 Å². The zero-order chi connectivity index (χ0) is 25.2. The zero-order valence-electron chi connectivity index (χ0n) is 21.3. The fraction of sp³-hybridized carbons (Fsp3) is 0.536. The van der Waals surface area contributed by atoms with E-state index in [1.807, 2.05) is 14.1 Å². The molecule has 6 nitrogen and oxygen atoms in total. The van der Waals surface area contributed by atoms with Gasteiger partial charge >= 0.3 is 0 Å². The van der Waals surface area contributed by atoms with Gasteiger partial charge in [-0.2, -0.15) is 0 Å². The maximum absolute atomic E-state index is 13.4. The molecule has 2 heterocycles. The number of amides is 1. The van der Waals surface area contributed by atoms with Crippen molar-refractivity contribution in [3.63, 3.8) is 0 Å². The molecule has 0 radical (unpaired) electrons. The van der Waals surface area contributed by atoms with Crippen LogP contribution < -0.4 is 5.32 Å². The number of aromatic hydroxyl groups is 1. The first kappa shape index (κ1) is 26.0. The number of rotatable bonds is 8. The summed E-state index contributed by atoms with van der Waals surface area (Å²) in [4.78, 5) is 17.9. The molecule has 1 saturated heterocycles. The predicted molar refractivity (Wildman–Crippen MR) is 140 cm³/mol. The second kappa shape index (κ2) is 10.5. The standard InChI is InChI=1S/C28H38ClN3O3/c1-27(2,31(3)4)19-30-26(34)22(15-21-16-23(33)9-10-25(21)29)17-32-13-11-28(12-14-32)24-8-6-5-7-20(24)18-35-28/h5-10,16,22,33H,11-15,17-19H2,1-4H3,(H,30,34). The number of carbonyl (C=O) groups is 1. The van der Waals surface area contributed by atoms with Gasteiger partial charge in [0.25, 0.3) is 0 Å². The third-order valence-electron chi connectivity index (χ3n) is 7.93. The van der Waals surface area contributed by atoms with E-state index in [1.54, 1.807) is 18.2 Å². The number of hydrogen-bond acceptors (Lipinski definition) is 5. The first-order valence-electron chi connectivity index (χ1n) is 12.5. The summed E-state index contributed by atoms with van der Waals surface area (Å²) in [5, 5.41) is 13.7. The van der Waals surface area contributed by atoms with Crippen molar-refractivity contribution in [3.8, 4) is 5.75 Å². The summed E-state index contributed by atoms with van der Waals surface area (Å²) in [7, 11) is 4.03. The van der Waals surface area contributed by atoms with Crippen molar-refractivity contribution in [1.29, 1.82) is 0 Å². The number of nitrogens with one attached hydrogen (secondary N) is 1. The van der Waals surface area contributed by atoms with E-state index in [-0.39, 0.29) is 28.7 Å². The Hall–Kier alpha value is -2.12. The van der Waals surface area contributed by atoms with Crippen LogP contribution in [-0.2, 0) is 28.2 Å². The number of likely N-dealkylation sites (tertiary alicyclic amines) is 1. The number of likely N-dealkylation sites (N-methyl/N-ethyl adjacent to an activating group) is 1. The highest BCUT2D eigenvalue weighted by Crippen LogP contribution is 2.44. The van der Waals surface area contributed by atoms with Crippen LogP contribution in [0, 0.1) is 5.92 Å². The maximum Gasteiger partial charge on any atom is 0.224 e. The van der Waals surface area contributed by atoms with Gasteiger partial charge in [-0.1, -0.05) is 35.9 Å². The highest BCUT2D eigenvalue weighted by atomic mass is 35.5. The summed E-state index contributed by atoms with van der Waals surface area (Å²) in [5.41, 5.74) is 3.05. The Bertz CT molecular complexity index is 1050. The Morgan fingerprint density at radius 1 is 1.23 bits per heavy atom. The van der Waals surface area contributed by atoms with Crippen LogP contribution in [0.15, 0.2) is 42.5 Å². The minimum absolute atomic E-state index is 0.0158. The van der Waals surface area contributed by atoms with E-state index in [0.717, 1.165) is 31.5 Å². The van der Waals surface area contributed by atoms with Gasteiger partial charge < -0.3 is 25.0 Å². The van der Waals surface area contributed by atoms with E-state index in [9.17, 15) is 9.90 Å². The second-order valence-corrected chi connectivity index (χ2v) is 11.2. The number of fused-ring (bicyclic) bond motifs is 2. The number of nitrogens with zero attached hydrogens (tertiary/aromatic N) is 2. The van der Waals surface area contributed by atoms with Crippen molar-refractivity contribution < 1.29 is 14.6 Å². The molecule has 2 aromatic carbocycles. The molecule has 0 aliphatic carbocycles. The van der Waals surface area contributed by atoms with Gasteiger partial charge in [0.2, 0.25) is 5.91 Å². The van der Waals surface area contributed by atoms with Crippen LogP contribution in [0.2, 0.25) is 5.02 Å². The zero-order valence-corrected chi connectivity index (χ0v) is 22.1. The van der Waals surface area contributed by atoms with Crippen molar-refractivity contribution in [2.45, 2.75) is 50.9 Å². The number of phenolic OH excluding ortho intramolecular Hbond substituents is 1. The molecular weight excluding hydrogens is 462 g/mol. The molecule has 0 saturated carbocycles. The minimum Gasteiger partial charge on any atom is -0.508 e. The average molecular weight is 500 g/mol. The molecule has 4 rings (SSSR count). The molecule has 7 heteroatoms. The highest BCUT2D eigenvalue weighted by molar-refractivity contribution is 6.31. The van der Waals surface area contributed by atoms with Crippen molar-refractivity contribution in [2.75, 3.05) is 40.3 Å². The van der Waals surface area contributed by atoms with Gasteiger partial charge in [0.05, 0.1) is 18.1 Å². The van der Waals surface area contributed by atoms with Crippen LogP contribution >= 0.6 is 11.6 Å². The number of ether oxygens (including phenoxy) is 1. The van der Waals surface area contributed by atoms with Gasteiger partial charge in [-0.25, -0.2) is 0 Å². The molecule has 190 valence electrons. The van der Waals surface area contributed by atoms with E-state index in [4.69, 9.17) is 16.3 Å². The van der Waals surface area contributed by atoms with Crippen LogP contribution in [0.25, 0.3) is 0 Å². The predicted octanol–water partition coefficient (Wildman–Crippen LogP) is 4.18. The fourth-order valence-electron chi connectivity index (χ4n) is 5.04. The molecule has 1 spiro atoms. The van der Waals surface area contributed by atoms with E-state index in [2.05, 4.69) is 53.2 Å². The molecule has 1 fully saturated rings. The molecule has 1 unspecified atom stereocenters. The van der Waals surface area contributed by atoms with Gasteiger partial charge in [-0.15, -0.1) is 0 Å². The quantitative estimate of drug-likeness (QED) is 0.570. The first-order valence-corrected chi connectivity index (χ1v) is 12.8. The molecule has 2 aliphatic heterocycles. The van der Waals surface area contributed by atoms with Crippen molar-refractivity contribution in [1.82, 2.24) is 15.1 Å². The Morgan fingerprint density at radius 2 is 1.94 bits per heavy atom. The van der Waals surface area contributed by atoms with Crippen molar-refractivity contribution in [3.05, 3.63) is 64.2 Å². The number of benzene rings is 2. The SMILES string of the molecule is CN(C)C(C)(C)CNC(=O)C(Cc1cc(O)ccc1Cl)CN1CCC2(CC1)OCc1ccccc12. The summed E-state index contributed by atoms with van der Waals surface area (Å²) < 4.78 is 6.32. The molecule has 2 N–H and O–H groups in total. The maximum atomic E-state index is 13.4. The molecule has 2 aliphatic rings. The summed E-state index contributed by atoms with van der Waals surface area (Å²) >= 11 is 6.43. The van der Waals surface area contributed by atoms with Crippen LogP contribution in [-0.4, -0.2) is 66.6 Å². The number of halogens is 1. The number of carbonyl (C=O) groups excluding carboxylic acids is 1. The van der Waals surface area contributed by atoms with Crippen LogP contribution in [0.4, 0.5) is 0 Å². The number of piperidine rings is 1. The smallest absolute Gasteiger partial charge is 0.224 e. The largest absolute Gasteiger partial charge is 0.508 e. The van der Waals surface area contributed by atoms with E-state index in [1.165, 1.54) is 11.1 Å². The molecule has 2 aromatic rings. The van der Waals surface area contributed by atoms with Crippen molar-refractivity contribution in [2.24, 2.45) is 5.92 Å². The summed E-state index contributed by atoms with van der Waals surface area (Å²) in [5.74, 6) is -0.102.